The van der Waals surface area contributed by atoms with Crippen molar-refractivity contribution in [3.05, 3.63) is 37.4 Å². The average Bonchev–Trinajstić information content (AvgIpc) is 3.26. The van der Waals surface area contributed by atoms with Crippen molar-refractivity contribution in [2.45, 2.75) is 25.9 Å². The van der Waals surface area contributed by atoms with Crippen LogP contribution < -0.4 is 5.32 Å². The predicted molar refractivity (Wildman–Crippen MR) is 106 cm³/mol. The summed E-state index contributed by atoms with van der Waals surface area (Å²) in [5, 5.41) is 3.46. The maximum Gasteiger partial charge on any atom is 0.193 e. The molecule has 2 aromatic rings. The molecule has 2 atom stereocenters. The first kappa shape index (κ1) is 18.8. The number of likely N-dealkylation sites (tertiary alicyclic amines) is 1. The van der Waals surface area contributed by atoms with E-state index < -0.39 is 0 Å². The van der Waals surface area contributed by atoms with Gasteiger partial charge in [-0.3, -0.25) is 4.99 Å². The molecule has 2 aromatic heterocycles. The van der Waals surface area contributed by atoms with E-state index in [1.807, 2.05) is 32.1 Å². The van der Waals surface area contributed by atoms with Crippen LogP contribution in [0, 0.1) is 5.92 Å². The van der Waals surface area contributed by atoms with Gasteiger partial charge in [-0.2, -0.15) is 0 Å². The highest BCUT2D eigenvalue weighted by molar-refractivity contribution is 14.0. The molecular weight excluding hydrogens is 417 g/mol. The van der Waals surface area contributed by atoms with Gasteiger partial charge in [-0.25, -0.2) is 9.97 Å². The highest BCUT2D eigenvalue weighted by Gasteiger charge is 2.28. The normalized spacial score (nSPS) is 21.4. The highest BCUT2D eigenvalue weighted by Crippen LogP contribution is 2.27. The number of aromatic nitrogens is 4. The van der Waals surface area contributed by atoms with E-state index in [0.717, 1.165) is 38.6 Å². The second-order valence-electron chi connectivity index (χ2n) is 6.06. The van der Waals surface area contributed by atoms with Crippen molar-refractivity contribution in [3.8, 4) is 0 Å². The molecule has 24 heavy (non-hydrogen) atoms. The number of nitrogens with zero attached hydrogens (tertiary/aromatic N) is 6. The van der Waals surface area contributed by atoms with Crippen molar-refractivity contribution >= 4 is 29.9 Å². The van der Waals surface area contributed by atoms with E-state index in [1.165, 1.54) is 0 Å². The molecule has 1 aliphatic heterocycles. The molecule has 0 spiro atoms. The van der Waals surface area contributed by atoms with Gasteiger partial charge in [-0.05, 0) is 12.3 Å². The zero-order chi connectivity index (χ0) is 16.1. The summed E-state index contributed by atoms with van der Waals surface area (Å²) in [6, 6.07) is 0.443. The number of nitrogens with one attached hydrogen (secondary N) is 1. The quantitative estimate of drug-likeness (QED) is 0.445. The van der Waals surface area contributed by atoms with Crippen LogP contribution in [0.3, 0.4) is 0 Å². The molecule has 3 rings (SSSR count). The maximum atomic E-state index is 4.45. The first-order valence-corrected chi connectivity index (χ1v) is 8.16. The topological polar surface area (TPSA) is 63.3 Å². The van der Waals surface area contributed by atoms with Gasteiger partial charge < -0.3 is 19.4 Å². The fraction of sp³-hybridized carbons (Fsp3) is 0.562. The number of guanidine groups is 1. The molecule has 0 aromatic carbocycles. The van der Waals surface area contributed by atoms with Crippen LogP contribution in [-0.2, 0) is 6.54 Å². The minimum absolute atomic E-state index is 0. The Kier molecular flexibility index (Phi) is 7.07. The third-order valence-electron chi connectivity index (χ3n) is 4.55. The van der Waals surface area contributed by atoms with Crippen LogP contribution in [0.25, 0.3) is 0 Å². The summed E-state index contributed by atoms with van der Waals surface area (Å²) in [4.78, 5) is 15.1. The molecule has 132 valence electrons. The lowest BCUT2D eigenvalue weighted by Gasteiger charge is -2.39. The van der Waals surface area contributed by atoms with Gasteiger partial charge in [0.1, 0.15) is 0 Å². The number of piperidine rings is 1. The van der Waals surface area contributed by atoms with Crippen LogP contribution >= 0.6 is 24.0 Å². The van der Waals surface area contributed by atoms with Gasteiger partial charge in [-0.1, -0.05) is 6.92 Å². The minimum Gasteiger partial charge on any atom is -0.354 e. The molecule has 1 fully saturated rings. The summed E-state index contributed by atoms with van der Waals surface area (Å²) >= 11 is 0. The second kappa shape index (κ2) is 9.05. The first-order chi connectivity index (χ1) is 11.3. The summed E-state index contributed by atoms with van der Waals surface area (Å²) in [6.07, 6.45) is 12.6. The van der Waals surface area contributed by atoms with Gasteiger partial charge >= 0.3 is 0 Å². The molecule has 1 saturated heterocycles. The molecular formula is C16H26IN7. The molecule has 1 N–H and O–H groups in total. The van der Waals surface area contributed by atoms with Crippen molar-refractivity contribution in [2.24, 2.45) is 10.9 Å². The zero-order valence-corrected chi connectivity index (χ0v) is 16.6. The number of halogens is 1. The van der Waals surface area contributed by atoms with Gasteiger partial charge in [-0.15, -0.1) is 24.0 Å². The molecule has 2 unspecified atom stereocenters. The third kappa shape index (κ3) is 4.49. The van der Waals surface area contributed by atoms with Crippen LogP contribution in [0.4, 0.5) is 0 Å². The molecule has 7 nitrogen and oxygen atoms in total. The Morgan fingerprint density at radius 1 is 1.25 bits per heavy atom. The van der Waals surface area contributed by atoms with Crippen LogP contribution in [0.1, 0.15) is 19.4 Å². The molecule has 0 amide bonds. The maximum absolute atomic E-state index is 4.45. The highest BCUT2D eigenvalue weighted by atomic mass is 127. The lowest BCUT2D eigenvalue weighted by molar-refractivity contribution is 0.189. The number of hydrogen-bond acceptors (Lipinski definition) is 3. The standard InChI is InChI=1S/C16H25N7.HI/c1-14-3-7-22(11-15(14)23-10-5-19-13-23)16(17-2)20-6-9-21-8-4-18-12-21;/h4-5,8,10,12-15H,3,6-7,9,11H2,1-2H3,(H,17,20);1H. The van der Waals surface area contributed by atoms with Gasteiger partial charge in [0.2, 0.25) is 0 Å². The van der Waals surface area contributed by atoms with E-state index in [0.29, 0.717) is 12.0 Å². The molecule has 3 heterocycles. The number of aliphatic imine (C=N–C) groups is 1. The Hall–Kier alpha value is -1.58. The van der Waals surface area contributed by atoms with Crippen LogP contribution in [0.15, 0.2) is 42.4 Å². The zero-order valence-electron chi connectivity index (χ0n) is 14.2. The van der Waals surface area contributed by atoms with E-state index >= 15 is 0 Å². The first-order valence-electron chi connectivity index (χ1n) is 8.16. The molecule has 1 aliphatic rings. The minimum atomic E-state index is 0. The van der Waals surface area contributed by atoms with Crippen molar-refractivity contribution in [2.75, 3.05) is 26.7 Å². The average molecular weight is 443 g/mol. The number of imidazole rings is 2. The number of hydrogen-bond donors (Lipinski definition) is 1. The SMILES string of the molecule is CN=C(NCCn1ccnc1)N1CCC(C)C(n2ccnc2)C1.I. The smallest absolute Gasteiger partial charge is 0.193 e. The Balaban J connectivity index is 0.00000208. The molecule has 8 heteroatoms. The summed E-state index contributed by atoms with van der Waals surface area (Å²) in [6.45, 7) is 6.04. The van der Waals surface area contributed by atoms with Crippen molar-refractivity contribution in [1.82, 2.24) is 29.3 Å². The molecule has 0 bridgehead atoms. The van der Waals surface area contributed by atoms with Gasteiger partial charge in [0.05, 0.1) is 18.7 Å². The van der Waals surface area contributed by atoms with Crippen molar-refractivity contribution in [1.29, 1.82) is 0 Å². The van der Waals surface area contributed by atoms with E-state index in [4.69, 9.17) is 0 Å². The van der Waals surface area contributed by atoms with Crippen LogP contribution in [0.5, 0.6) is 0 Å². The molecule has 0 radical (unpaired) electrons. The lowest BCUT2D eigenvalue weighted by Crippen LogP contribution is -2.49. The Morgan fingerprint density at radius 3 is 2.71 bits per heavy atom. The summed E-state index contributed by atoms with van der Waals surface area (Å²) < 4.78 is 4.28. The number of rotatable bonds is 4. The van der Waals surface area contributed by atoms with Gasteiger partial charge in [0.15, 0.2) is 5.96 Å². The van der Waals surface area contributed by atoms with Crippen molar-refractivity contribution < 1.29 is 0 Å². The summed E-state index contributed by atoms with van der Waals surface area (Å²) in [5.41, 5.74) is 0. The summed E-state index contributed by atoms with van der Waals surface area (Å²) in [7, 11) is 1.85. The van der Waals surface area contributed by atoms with Crippen molar-refractivity contribution in [3.63, 3.8) is 0 Å². The Labute approximate surface area is 160 Å². The molecule has 0 saturated carbocycles. The Morgan fingerprint density at radius 2 is 2.04 bits per heavy atom. The van der Waals surface area contributed by atoms with E-state index in [-0.39, 0.29) is 24.0 Å². The Bertz CT molecular complexity index is 608. The fourth-order valence-corrected chi connectivity index (χ4v) is 3.14. The van der Waals surface area contributed by atoms with Crippen LogP contribution in [-0.4, -0.2) is 56.6 Å². The van der Waals surface area contributed by atoms with Gasteiger partial charge in [0, 0.05) is 58.0 Å². The van der Waals surface area contributed by atoms with E-state index in [2.05, 4.69) is 47.4 Å². The van der Waals surface area contributed by atoms with E-state index in [9.17, 15) is 0 Å². The van der Waals surface area contributed by atoms with Gasteiger partial charge in [0.25, 0.3) is 0 Å². The van der Waals surface area contributed by atoms with Crippen LogP contribution in [0.2, 0.25) is 0 Å². The van der Waals surface area contributed by atoms with E-state index in [1.54, 1.807) is 6.20 Å². The summed E-state index contributed by atoms with van der Waals surface area (Å²) in [5.74, 6) is 1.62. The second-order valence-corrected chi connectivity index (χ2v) is 6.06. The fourth-order valence-electron chi connectivity index (χ4n) is 3.14. The predicted octanol–water partition coefficient (Wildman–Crippen LogP) is 1.86. The largest absolute Gasteiger partial charge is 0.354 e. The monoisotopic (exact) mass is 443 g/mol. The lowest BCUT2D eigenvalue weighted by atomic mass is 9.93. The third-order valence-corrected chi connectivity index (χ3v) is 4.55. The molecule has 0 aliphatic carbocycles.